The van der Waals surface area contributed by atoms with Gasteiger partial charge < -0.3 is 16.2 Å². The number of hydrogen-bond donors (Lipinski definition) is 3. The van der Waals surface area contributed by atoms with Gasteiger partial charge in [-0.1, -0.05) is 36.4 Å². The molecule has 0 fully saturated rings. The molecule has 4 N–H and O–H groups in total. The number of carbonyl (C=O) groups is 1. The lowest BCUT2D eigenvalue weighted by Gasteiger charge is -2.23. The first-order chi connectivity index (χ1) is 13.1. The van der Waals surface area contributed by atoms with Crippen LogP contribution < -0.4 is 11.1 Å². The molecule has 0 aliphatic heterocycles. The van der Waals surface area contributed by atoms with E-state index in [4.69, 9.17) is 10.8 Å². The van der Waals surface area contributed by atoms with E-state index in [9.17, 15) is 13.6 Å². The van der Waals surface area contributed by atoms with Gasteiger partial charge in [0, 0.05) is 12.5 Å². The van der Waals surface area contributed by atoms with Crippen LogP contribution in [0.4, 0.5) is 8.78 Å². The molecule has 0 saturated carbocycles. The number of nitrogens with one attached hydrogen (secondary N) is 1. The Balaban J connectivity index is 2.29. The van der Waals surface area contributed by atoms with E-state index in [2.05, 4.69) is 5.32 Å². The van der Waals surface area contributed by atoms with Gasteiger partial charge in [-0.2, -0.15) is 0 Å². The number of alkyl halides is 1. The highest BCUT2D eigenvalue weighted by Crippen LogP contribution is 2.33. The lowest BCUT2D eigenvalue weighted by molar-refractivity contribution is -0.109. The molecule has 146 valence electrons. The molecule has 0 aromatic heterocycles. The third kappa shape index (κ3) is 6.12. The summed E-state index contributed by atoms with van der Waals surface area (Å²) in [7, 11) is 0. The second-order valence-corrected chi connectivity index (χ2v) is 6.56. The molecule has 2 aromatic rings. The average molecular weight is 376 g/mol. The first-order valence-corrected chi connectivity index (χ1v) is 9.07. The Hall–Kier alpha value is -2.31. The minimum Gasteiger partial charge on any atom is -0.395 e. The molecule has 3 atom stereocenters. The summed E-state index contributed by atoms with van der Waals surface area (Å²) < 4.78 is 27.6. The normalized spacial score (nSPS) is 14.4. The third-order valence-corrected chi connectivity index (χ3v) is 4.73. The number of hydrogen-bond acceptors (Lipinski definition) is 3. The van der Waals surface area contributed by atoms with Crippen LogP contribution in [0.5, 0.6) is 0 Å². The van der Waals surface area contributed by atoms with E-state index >= 15 is 0 Å². The Morgan fingerprint density at radius 1 is 1.11 bits per heavy atom. The maximum Gasteiger partial charge on any atom is 0.207 e. The van der Waals surface area contributed by atoms with Crippen molar-refractivity contribution in [1.82, 2.24) is 5.32 Å². The van der Waals surface area contributed by atoms with Gasteiger partial charge in [0.1, 0.15) is 12.0 Å². The van der Waals surface area contributed by atoms with Gasteiger partial charge in [0.2, 0.25) is 6.41 Å². The van der Waals surface area contributed by atoms with Gasteiger partial charge in [0.15, 0.2) is 0 Å². The van der Waals surface area contributed by atoms with Crippen LogP contribution in [0.2, 0.25) is 0 Å². The summed E-state index contributed by atoms with van der Waals surface area (Å²) in [5.41, 5.74) is 8.54. The van der Waals surface area contributed by atoms with Crippen LogP contribution in [0.1, 0.15) is 35.4 Å². The van der Waals surface area contributed by atoms with E-state index in [0.717, 1.165) is 16.7 Å². The van der Waals surface area contributed by atoms with E-state index in [1.54, 1.807) is 12.1 Å². The van der Waals surface area contributed by atoms with E-state index in [1.807, 2.05) is 24.3 Å². The van der Waals surface area contributed by atoms with E-state index in [1.165, 1.54) is 12.1 Å². The fourth-order valence-corrected chi connectivity index (χ4v) is 3.22. The largest absolute Gasteiger partial charge is 0.395 e. The Bertz CT molecular complexity index is 710. The fourth-order valence-electron chi connectivity index (χ4n) is 3.22. The number of aliphatic hydroxyl groups excluding tert-OH is 1. The molecule has 2 rings (SSSR count). The molecule has 0 spiro atoms. The van der Waals surface area contributed by atoms with Crippen molar-refractivity contribution in [3.8, 4) is 0 Å². The Kier molecular flexibility index (Phi) is 8.36. The lowest BCUT2D eigenvalue weighted by atomic mass is 9.83. The molecule has 2 aromatic carbocycles. The third-order valence-electron chi connectivity index (χ3n) is 4.73. The zero-order valence-corrected chi connectivity index (χ0v) is 15.2. The summed E-state index contributed by atoms with van der Waals surface area (Å²) in [4.78, 5) is 10.5. The molecule has 0 aliphatic rings. The van der Waals surface area contributed by atoms with E-state index in [0.29, 0.717) is 25.8 Å². The molecular weight excluding hydrogens is 350 g/mol. The predicted molar refractivity (Wildman–Crippen MR) is 102 cm³/mol. The van der Waals surface area contributed by atoms with Gasteiger partial charge in [-0.3, -0.25) is 4.79 Å². The number of halogens is 2. The van der Waals surface area contributed by atoms with Crippen molar-refractivity contribution in [2.75, 3.05) is 13.2 Å². The zero-order valence-electron chi connectivity index (χ0n) is 15.2. The van der Waals surface area contributed by atoms with Crippen LogP contribution >= 0.6 is 0 Å². The molecule has 1 amide bonds. The average Bonchev–Trinajstić information content (AvgIpc) is 2.69. The highest BCUT2D eigenvalue weighted by atomic mass is 19.1. The van der Waals surface area contributed by atoms with Crippen LogP contribution in [0.3, 0.4) is 0 Å². The van der Waals surface area contributed by atoms with Gasteiger partial charge in [-0.15, -0.1) is 0 Å². The number of benzene rings is 2. The Labute approximate surface area is 158 Å². The Morgan fingerprint density at radius 3 is 2.48 bits per heavy atom. The van der Waals surface area contributed by atoms with Gasteiger partial charge in [-0.05, 0) is 48.1 Å². The number of rotatable bonds is 11. The van der Waals surface area contributed by atoms with Crippen molar-refractivity contribution in [3.05, 3.63) is 71.0 Å². The molecule has 0 bridgehead atoms. The molecule has 0 radical (unpaired) electrons. The van der Waals surface area contributed by atoms with E-state index < -0.39 is 18.8 Å². The van der Waals surface area contributed by atoms with Crippen molar-refractivity contribution < 1.29 is 18.7 Å². The van der Waals surface area contributed by atoms with Crippen LogP contribution in [0.25, 0.3) is 0 Å². The standard InChI is InChI=1S/C21H26F2N2O2/c22-17-7-5-16(6-8-17)19(9-10-20(23)21(24)13-26)18-4-2-1-3-15(18)11-12-25-14-27/h1-8,14,19-21,26H,9-13,24H2,(H,25,27). The second kappa shape index (κ2) is 10.7. The maximum atomic E-state index is 14.2. The van der Waals surface area contributed by atoms with Crippen LogP contribution in [-0.2, 0) is 11.2 Å². The molecule has 6 heteroatoms. The summed E-state index contributed by atoms with van der Waals surface area (Å²) in [6.45, 7) is 0.0914. The lowest BCUT2D eigenvalue weighted by Crippen LogP contribution is -2.35. The number of carbonyl (C=O) groups excluding carboxylic acids is 1. The summed E-state index contributed by atoms with van der Waals surface area (Å²) >= 11 is 0. The second-order valence-electron chi connectivity index (χ2n) is 6.56. The monoisotopic (exact) mass is 376 g/mol. The van der Waals surface area contributed by atoms with Crippen molar-refractivity contribution in [1.29, 1.82) is 0 Å². The smallest absolute Gasteiger partial charge is 0.207 e. The summed E-state index contributed by atoms with van der Waals surface area (Å²) in [5, 5.41) is 11.7. The predicted octanol–water partition coefficient (Wildman–Crippen LogP) is 2.68. The number of nitrogens with two attached hydrogens (primary N) is 1. The Morgan fingerprint density at radius 2 is 1.81 bits per heavy atom. The zero-order chi connectivity index (χ0) is 19.6. The van der Waals surface area contributed by atoms with Crippen molar-refractivity contribution >= 4 is 6.41 Å². The molecule has 4 nitrogen and oxygen atoms in total. The number of amides is 1. The summed E-state index contributed by atoms with van der Waals surface area (Å²) in [5.74, 6) is -0.464. The van der Waals surface area contributed by atoms with Crippen molar-refractivity contribution in [2.45, 2.75) is 37.4 Å². The van der Waals surface area contributed by atoms with Gasteiger partial charge in [0.05, 0.1) is 12.6 Å². The van der Waals surface area contributed by atoms with Crippen molar-refractivity contribution in [2.24, 2.45) is 5.73 Å². The minimum atomic E-state index is -1.32. The quantitative estimate of drug-likeness (QED) is 0.417. The van der Waals surface area contributed by atoms with Crippen molar-refractivity contribution in [3.63, 3.8) is 0 Å². The summed E-state index contributed by atoms with van der Waals surface area (Å²) in [6.07, 6.45) is 0.636. The first kappa shape index (κ1) is 21.0. The maximum absolute atomic E-state index is 14.2. The highest BCUT2D eigenvalue weighted by molar-refractivity contribution is 5.46. The van der Waals surface area contributed by atoms with Gasteiger partial charge in [0.25, 0.3) is 0 Å². The SMILES string of the molecule is NC(CO)C(F)CCC(c1ccc(F)cc1)c1ccccc1CCNC=O. The molecule has 0 saturated heterocycles. The summed E-state index contributed by atoms with van der Waals surface area (Å²) in [6, 6.07) is 13.1. The van der Waals surface area contributed by atoms with Crippen LogP contribution in [0, 0.1) is 5.82 Å². The van der Waals surface area contributed by atoms with Gasteiger partial charge >= 0.3 is 0 Å². The topological polar surface area (TPSA) is 75.3 Å². The van der Waals surface area contributed by atoms with Crippen LogP contribution in [0.15, 0.2) is 48.5 Å². The molecule has 0 aliphatic carbocycles. The fraction of sp³-hybridized carbons (Fsp3) is 0.381. The van der Waals surface area contributed by atoms with Gasteiger partial charge in [-0.25, -0.2) is 8.78 Å². The molecular formula is C21H26F2N2O2. The molecule has 27 heavy (non-hydrogen) atoms. The number of aliphatic hydroxyl groups is 1. The first-order valence-electron chi connectivity index (χ1n) is 9.07. The molecule has 3 unspecified atom stereocenters. The van der Waals surface area contributed by atoms with E-state index in [-0.39, 0.29) is 18.2 Å². The van der Waals surface area contributed by atoms with Crippen LogP contribution in [-0.4, -0.2) is 36.9 Å². The highest BCUT2D eigenvalue weighted by Gasteiger charge is 2.22. The molecule has 0 heterocycles. The minimum absolute atomic E-state index is 0.137.